The Balaban J connectivity index is 2.05. The lowest BCUT2D eigenvalue weighted by molar-refractivity contribution is 0.104. The van der Waals surface area contributed by atoms with Crippen LogP contribution < -0.4 is 4.74 Å². The van der Waals surface area contributed by atoms with E-state index in [0.717, 1.165) is 15.8 Å². The second-order valence-corrected chi connectivity index (χ2v) is 5.80. The van der Waals surface area contributed by atoms with Gasteiger partial charge < -0.3 is 4.74 Å². The molecule has 0 saturated heterocycles. The summed E-state index contributed by atoms with van der Waals surface area (Å²) < 4.78 is 6.05. The fourth-order valence-corrected chi connectivity index (χ4v) is 2.24. The predicted molar refractivity (Wildman–Crippen MR) is 94.4 cm³/mol. The van der Waals surface area contributed by atoms with Crippen molar-refractivity contribution in [2.75, 3.05) is 7.11 Å². The molecule has 2 aromatic rings. The van der Waals surface area contributed by atoms with E-state index in [9.17, 15) is 4.79 Å². The maximum atomic E-state index is 12.0. The molecule has 4 heteroatoms. The van der Waals surface area contributed by atoms with Crippen molar-refractivity contribution < 1.29 is 9.53 Å². The smallest absolute Gasteiger partial charge is 0.185 e. The van der Waals surface area contributed by atoms with E-state index in [0.29, 0.717) is 10.6 Å². The zero-order valence-corrected chi connectivity index (χ0v) is 14.3. The van der Waals surface area contributed by atoms with Gasteiger partial charge in [-0.1, -0.05) is 45.7 Å². The molecule has 0 unspecified atom stereocenters. The molecule has 0 aliphatic carbocycles. The quantitative estimate of drug-likeness (QED) is 0.392. The minimum Gasteiger partial charge on any atom is -0.497 e. The van der Waals surface area contributed by atoms with Crippen molar-refractivity contribution in [1.29, 1.82) is 0 Å². The molecule has 0 amide bonds. The first-order valence-electron chi connectivity index (χ1n) is 6.58. The van der Waals surface area contributed by atoms with E-state index in [1.807, 2.05) is 24.3 Å². The maximum Gasteiger partial charge on any atom is 0.185 e. The summed E-state index contributed by atoms with van der Waals surface area (Å²) in [5.41, 5.74) is 1.50. The van der Waals surface area contributed by atoms with Crippen LogP contribution in [0.4, 0.5) is 0 Å². The molecule has 0 aromatic heterocycles. The van der Waals surface area contributed by atoms with E-state index in [1.165, 1.54) is 6.08 Å². The first-order valence-corrected chi connectivity index (χ1v) is 7.75. The standard InChI is InChI=1S/C18H14BrClO2/c1-22-16-11-7-14(8-12-16)18(21)4-2-3-17(20)13-5-9-15(19)10-6-13/h2-12H,1H3/b4-2+,17-3-. The number of methoxy groups -OCH3 is 1. The van der Waals surface area contributed by atoms with E-state index in [2.05, 4.69) is 15.9 Å². The molecule has 2 nitrogen and oxygen atoms in total. The second-order valence-electron chi connectivity index (χ2n) is 4.47. The Morgan fingerprint density at radius 1 is 1.05 bits per heavy atom. The predicted octanol–water partition coefficient (Wildman–Crippen LogP) is 5.48. The molecule has 0 radical (unpaired) electrons. The molecule has 112 valence electrons. The van der Waals surface area contributed by atoms with Gasteiger partial charge in [-0.3, -0.25) is 4.79 Å². The number of hydrogen-bond donors (Lipinski definition) is 0. The molecule has 0 saturated carbocycles. The van der Waals surface area contributed by atoms with Crippen LogP contribution in [-0.4, -0.2) is 12.9 Å². The molecule has 0 aliphatic rings. The molecule has 0 fully saturated rings. The van der Waals surface area contributed by atoms with Crippen molar-refractivity contribution in [1.82, 2.24) is 0 Å². The molecule has 0 aliphatic heterocycles. The molecule has 22 heavy (non-hydrogen) atoms. The van der Waals surface area contributed by atoms with Crippen molar-refractivity contribution in [2.45, 2.75) is 0 Å². The third kappa shape index (κ3) is 4.58. The summed E-state index contributed by atoms with van der Waals surface area (Å²) in [4.78, 5) is 12.0. The van der Waals surface area contributed by atoms with Gasteiger partial charge in [-0.05, 0) is 54.1 Å². The van der Waals surface area contributed by atoms with Crippen LogP contribution in [0.25, 0.3) is 5.03 Å². The number of rotatable bonds is 5. The fraction of sp³-hybridized carbons (Fsp3) is 0.0556. The minimum atomic E-state index is -0.0841. The van der Waals surface area contributed by atoms with E-state index < -0.39 is 0 Å². The number of ketones is 1. The van der Waals surface area contributed by atoms with Gasteiger partial charge >= 0.3 is 0 Å². The van der Waals surface area contributed by atoms with Crippen molar-refractivity contribution in [3.05, 3.63) is 82.4 Å². The topological polar surface area (TPSA) is 26.3 Å². The van der Waals surface area contributed by atoms with E-state index >= 15 is 0 Å². The Labute approximate surface area is 143 Å². The molecular weight excluding hydrogens is 364 g/mol. The summed E-state index contributed by atoms with van der Waals surface area (Å²) in [5, 5.41) is 0.575. The fourth-order valence-electron chi connectivity index (χ4n) is 1.78. The Kier molecular flexibility index (Phi) is 5.99. The highest BCUT2D eigenvalue weighted by Crippen LogP contribution is 2.21. The zero-order valence-electron chi connectivity index (χ0n) is 11.9. The van der Waals surface area contributed by atoms with Gasteiger partial charge in [0.1, 0.15) is 5.75 Å². The maximum absolute atomic E-state index is 12.0. The van der Waals surface area contributed by atoms with E-state index in [1.54, 1.807) is 43.5 Å². The summed E-state index contributed by atoms with van der Waals surface area (Å²) in [7, 11) is 1.59. The lowest BCUT2D eigenvalue weighted by Crippen LogP contribution is -1.93. The van der Waals surface area contributed by atoms with Crippen LogP contribution in [0.5, 0.6) is 5.75 Å². The van der Waals surface area contributed by atoms with Crippen LogP contribution in [0, 0.1) is 0 Å². The van der Waals surface area contributed by atoms with Crippen LogP contribution in [0.1, 0.15) is 15.9 Å². The van der Waals surface area contributed by atoms with E-state index in [-0.39, 0.29) is 5.78 Å². The van der Waals surface area contributed by atoms with Crippen LogP contribution in [0.15, 0.2) is 71.2 Å². The molecule has 0 atom stereocenters. The molecule has 0 bridgehead atoms. The third-order valence-corrected chi connectivity index (χ3v) is 3.86. The zero-order chi connectivity index (χ0) is 15.9. The number of carbonyl (C=O) groups is 1. The number of allylic oxidation sites excluding steroid dienone is 3. The number of carbonyl (C=O) groups excluding carboxylic acids is 1. The highest BCUT2D eigenvalue weighted by Gasteiger charge is 2.01. The molecule has 0 heterocycles. The average molecular weight is 378 g/mol. The minimum absolute atomic E-state index is 0.0841. The van der Waals surface area contributed by atoms with Crippen LogP contribution in [-0.2, 0) is 0 Å². The summed E-state index contributed by atoms with van der Waals surface area (Å²) in [6.07, 6.45) is 4.84. The highest BCUT2D eigenvalue weighted by molar-refractivity contribution is 9.10. The van der Waals surface area contributed by atoms with Crippen molar-refractivity contribution in [3.63, 3.8) is 0 Å². The van der Waals surface area contributed by atoms with Gasteiger partial charge in [0, 0.05) is 15.1 Å². The molecule has 2 rings (SSSR count). The number of benzene rings is 2. The normalized spacial score (nSPS) is 11.7. The highest BCUT2D eigenvalue weighted by atomic mass is 79.9. The molecule has 0 N–H and O–H groups in total. The van der Waals surface area contributed by atoms with Gasteiger partial charge in [-0.15, -0.1) is 0 Å². The molecular formula is C18H14BrClO2. The van der Waals surface area contributed by atoms with Crippen LogP contribution in [0.3, 0.4) is 0 Å². The number of hydrogen-bond acceptors (Lipinski definition) is 2. The Hall–Kier alpha value is -1.84. The average Bonchev–Trinajstić information content (AvgIpc) is 2.55. The summed E-state index contributed by atoms with van der Waals surface area (Å²) in [6.45, 7) is 0. The molecule has 2 aromatic carbocycles. The molecule has 0 spiro atoms. The van der Waals surface area contributed by atoms with E-state index in [4.69, 9.17) is 16.3 Å². The summed E-state index contributed by atoms with van der Waals surface area (Å²) in [6, 6.07) is 14.6. The van der Waals surface area contributed by atoms with Gasteiger partial charge in [0.2, 0.25) is 0 Å². The van der Waals surface area contributed by atoms with Gasteiger partial charge in [0.05, 0.1) is 7.11 Å². The van der Waals surface area contributed by atoms with Gasteiger partial charge in [-0.2, -0.15) is 0 Å². The number of ether oxygens (including phenoxy) is 1. The largest absolute Gasteiger partial charge is 0.497 e. The van der Waals surface area contributed by atoms with Crippen LogP contribution in [0.2, 0.25) is 0 Å². The lowest BCUT2D eigenvalue weighted by atomic mass is 10.1. The van der Waals surface area contributed by atoms with Gasteiger partial charge in [-0.25, -0.2) is 0 Å². The third-order valence-electron chi connectivity index (χ3n) is 2.98. The monoisotopic (exact) mass is 376 g/mol. The van der Waals surface area contributed by atoms with Crippen molar-refractivity contribution in [3.8, 4) is 5.75 Å². The van der Waals surface area contributed by atoms with Crippen molar-refractivity contribution >= 4 is 38.3 Å². The Morgan fingerprint density at radius 3 is 2.23 bits per heavy atom. The summed E-state index contributed by atoms with van der Waals surface area (Å²) >= 11 is 9.57. The lowest BCUT2D eigenvalue weighted by Gasteiger charge is -2.00. The number of halogens is 2. The van der Waals surface area contributed by atoms with Gasteiger partial charge in [0.25, 0.3) is 0 Å². The first-order chi connectivity index (χ1) is 10.6. The SMILES string of the molecule is COc1ccc(C(=O)/C=C/C=C(\Cl)c2ccc(Br)cc2)cc1. The van der Waals surface area contributed by atoms with Crippen molar-refractivity contribution in [2.24, 2.45) is 0 Å². The van der Waals surface area contributed by atoms with Gasteiger partial charge in [0.15, 0.2) is 5.78 Å². The van der Waals surface area contributed by atoms with Crippen LogP contribution >= 0.6 is 27.5 Å². The first kappa shape index (κ1) is 16.5. The Morgan fingerprint density at radius 2 is 1.64 bits per heavy atom. The Bertz CT molecular complexity index is 701. The summed E-state index contributed by atoms with van der Waals surface area (Å²) in [5.74, 6) is 0.637. The second kappa shape index (κ2) is 7.97.